The van der Waals surface area contributed by atoms with Crippen LogP contribution in [0.1, 0.15) is 26.3 Å². The summed E-state index contributed by atoms with van der Waals surface area (Å²) in [6.45, 7) is 5.13. The molecule has 8 heteroatoms. The van der Waals surface area contributed by atoms with Crippen LogP contribution in [0.4, 0.5) is 17.1 Å². The van der Waals surface area contributed by atoms with Crippen LogP contribution in [0.5, 0.6) is 0 Å². The number of morpholine rings is 1. The van der Waals surface area contributed by atoms with Crippen molar-refractivity contribution in [2.24, 2.45) is 0 Å². The average Bonchev–Trinajstić information content (AvgIpc) is 2.94. The van der Waals surface area contributed by atoms with E-state index < -0.39 is 0 Å². The maximum Gasteiger partial charge on any atom is 0.257 e. The number of amides is 2. The van der Waals surface area contributed by atoms with Gasteiger partial charge in [0, 0.05) is 52.5 Å². The molecule has 1 aromatic heterocycles. The molecule has 0 unspecified atom stereocenters. The molecule has 5 rings (SSSR count). The number of aromatic nitrogens is 1. The molecule has 0 saturated carbocycles. The first-order chi connectivity index (χ1) is 18.5. The molecule has 0 bridgehead atoms. The predicted octanol–water partition coefficient (Wildman–Crippen LogP) is 6.05. The van der Waals surface area contributed by atoms with Gasteiger partial charge in [-0.25, -0.2) is 0 Å². The van der Waals surface area contributed by atoms with Gasteiger partial charge in [0.15, 0.2) is 0 Å². The first kappa shape index (κ1) is 25.4. The maximum absolute atomic E-state index is 13.0. The second kappa shape index (κ2) is 11.5. The molecule has 2 heterocycles. The van der Waals surface area contributed by atoms with E-state index >= 15 is 0 Å². The summed E-state index contributed by atoms with van der Waals surface area (Å²) in [6.07, 6.45) is 1.53. The summed E-state index contributed by atoms with van der Waals surface area (Å²) in [7, 11) is 0. The molecular formula is C30H27ClN4O3. The minimum atomic E-state index is -0.282. The highest BCUT2D eigenvalue weighted by Gasteiger charge is 2.14. The van der Waals surface area contributed by atoms with E-state index in [1.807, 2.05) is 43.3 Å². The molecule has 38 heavy (non-hydrogen) atoms. The fourth-order valence-electron chi connectivity index (χ4n) is 4.28. The molecule has 1 fully saturated rings. The Balaban J connectivity index is 1.27. The third-order valence-corrected chi connectivity index (χ3v) is 6.62. The number of hydrogen-bond acceptors (Lipinski definition) is 5. The van der Waals surface area contributed by atoms with Crippen LogP contribution in [-0.4, -0.2) is 43.1 Å². The second-order valence-corrected chi connectivity index (χ2v) is 9.46. The molecule has 0 atom stereocenters. The lowest BCUT2D eigenvalue weighted by Crippen LogP contribution is -2.36. The van der Waals surface area contributed by atoms with Crippen LogP contribution in [0.2, 0.25) is 5.02 Å². The predicted molar refractivity (Wildman–Crippen MR) is 151 cm³/mol. The molecule has 1 aliphatic rings. The largest absolute Gasteiger partial charge is 0.378 e. The van der Waals surface area contributed by atoms with Crippen molar-refractivity contribution in [1.29, 1.82) is 0 Å². The third kappa shape index (κ3) is 6.02. The quantitative estimate of drug-likeness (QED) is 0.319. The van der Waals surface area contributed by atoms with Crippen LogP contribution in [0, 0.1) is 6.92 Å². The number of ether oxygens (including phenoxy) is 1. The van der Waals surface area contributed by atoms with Crippen molar-refractivity contribution in [3.05, 3.63) is 107 Å². The van der Waals surface area contributed by atoms with Crippen molar-refractivity contribution in [2.45, 2.75) is 6.92 Å². The second-order valence-electron chi connectivity index (χ2n) is 9.03. The van der Waals surface area contributed by atoms with Crippen molar-refractivity contribution in [2.75, 3.05) is 41.8 Å². The zero-order valence-corrected chi connectivity index (χ0v) is 21.7. The summed E-state index contributed by atoms with van der Waals surface area (Å²) in [5, 5.41) is 6.33. The van der Waals surface area contributed by atoms with Crippen LogP contribution < -0.4 is 15.5 Å². The molecule has 7 nitrogen and oxygen atoms in total. The van der Waals surface area contributed by atoms with Gasteiger partial charge in [-0.1, -0.05) is 23.7 Å². The molecule has 0 spiro atoms. The lowest BCUT2D eigenvalue weighted by Gasteiger charge is -2.28. The van der Waals surface area contributed by atoms with Crippen LogP contribution in [0.3, 0.4) is 0 Å². The van der Waals surface area contributed by atoms with E-state index in [0.29, 0.717) is 27.5 Å². The summed E-state index contributed by atoms with van der Waals surface area (Å²) in [5.74, 6) is -0.487. The van der Waals surface area contributed by atoms with E-state index in [2.05, 4.69) is 20.5 Å². The van der Waals surface area contributed by atoms with Crippen molar-refractivity contribution in [1.82, 2.24) is 4.98 Å². The van der Waals surface area contributed by atoms with E-state index in [4.69, 9.17) is 16.3 Å². The summed E-state index contributed by atoms with van der Waals surface area (Å²) < 4.78 is 5.41. The maximum atomic E-state index is 13.0. The molecule has 2 amide bonds. The van der Waals surface area contributed by atoms with E-state index in [1.165, 1.54) is 6.20 Å². The summed E-state index contributed by atoms with van der Waals surface area (Å²) in [6, 6.07) is 23.8. The lowest BCUT2D eigenvalue weighted by atomic mass is 10.0. The monoisotopic (exact) mass is 526 g/mol. The minimum Gasteiger partial charge on any atom is -0.378 e. The fourth-order valence-corrected chi connectivity index (χ4v) is 4.47. The van der Waals surface area contributed by atoms with Gasteiger partial charge in [0.1, 0.15) is 0 Å². The third-order valence-electron chi connectivity index (χ3n) is 6.39. The number of hydrogen-bond donors (Lipinski definition) is 2. The molecule has 1 aliphatic heterocycles. The van der Waals surface area contributed by atoms with Gasteiger partial charge in [0.25, 0.3) is 11.8 Å². The van der Waals surface area contributed by atoms with Crippen molar-refractivity contribution < 1.29 is 14.3 Å². The standard InChI is InChI=1S/C30H27ClN4O3/c1-20-5-6-21(29(36)33-24-8-10-26(11-9-24)35-13-15-38-16-14-35)17-27(20)28-12-7-22(19-32-28)30(37)34-25-4-2-3-23(31)18-25/h2-12,17-19H,13-16H2,1H3,(H,33,36)(H,34,37). The van der Waals surface area contributed by atoms with E-state index in [9.17, 15) is 9.59 Å². The first-order valence-electron chi connectivity index (χ1n) is 12.3. The Labute approximate surface area is 226 Å². The zero-order chi connectivity index (χ0) is 26.5. The Morgan fingerprint density at radius 3 is 2.26 bits per heavy atom. The Bertz CT molecular complexity index is 1450. The summed E-state index contributed by atoms with van der Waals surface area (Å²) >= 11 is 6.00. The van der Waals surface area contributed by atoms with Crippen molar-refractivity contribution >= 4 is 40.5 Å². The van der Waals surface area contributed by atoms with Gasteiger partial charge in [-0.05, 0) is 79.2 Å². The van der Waals surface area contributed by atoms with E-state index in [-0.39, 0.29) is 11.8 Å². The number of benzene rings is 3. The number of aryl methyl sites for hydroxylation is 1. The molecular weight excluding hydrogens is 500 g/mol. The number of halogens is 1. The number of anilines is 3. The van der Waals surface area contributed by atoms with Crippen molar-refractivity contribution in [3.8, 4) is 11.3 Å². The van der Waals surface area contributed by atoms with Gasteiger partial charge in [0.05, 0.1) is 24.5 Å². The topological polar surface area (TPSA) is 83.6 Å². The number of nitrogens with zero attached hydrogens (tertiary/aromatic N) is 2. The highest BCUT2D eigenvalue weighted by Crippen LogP contribution is 2.25. The van der Waals surface area contributed by atoms with Crippen LogP contribution in [0.25, 0.3) is 11.3 Å². The fraction of sp³-hybridized carbons (Fsp3) is 0.167. The Hall–Kier alpha value is -4.20. The van der Waals surface area contributed by atoms with Gasteiger partial charge in [-0.15, -0.1) is 0 Å². The lowest BCUT2D eigenvalue weighted by molar-refractivity contribution is 0.101. The first-order valence-corrected chi connectivity index (χ1v) is 12.7. The number of nitrogens with one attached hydrogen (secondary N) is 2. The molecule has 3 aromatic carbocycles. The van der Waals surface area contributed by atoms with Gasteiger partial charge >= 0.3 is 0 Å². The zero-order valence-electron chi connectivity index (χ0n) is 20.9. The number of carbonyl (C=O) groups is 2. The van der Waals surface area contributed by atoms with Gasteiger partial charge in [-0.3, -0.25) is 14.6 Å². The molecule has 1 saturated heterocycles. The van der Waals surface area contributed by atoms with E-state index in [1.54, 1.807) is 42.5 Å². The molecule has 192 valence electrons. The van der Waals surface area contributed by atoms with Crippen LogP contribution >= 0.6 is 11.6 Å². The Kier molecular flexibility index (Phi) is 7.67. The highest BCUT2D eigenvalue weighted by atomic mass is 35.5. The molecule has 0 aliphatic carbocycles. The highest BCUT2D eigenvalue weighted by molar-refractivity contribution is 6.31. The minimum absolute atomic E-state index is 0.206. The van der Waals surface area contributed by atoms with Gasteiger partial charge in [0.2, 0.25) is 0 Å². The van der Waals surface area contributed by atoms with Crippen LogP contribution in [-0.2, 0) is 4.74 Å². The molecule has 4 aromatic rings. The number of carbonyl (C=O) groups excluding carboxylic acids is 2. The summed E-state index contributed by atoms with van der Waals surface area (Å²) in [4.78, 5) is 32.4. The van der Waals surface area contributed by atoms with Gasteiger partial charge < -0.3 is 20.3 Å². The Morgan fingerprint density at radius 2 is 1.55 bits per heavy atom. The Morgan fingerprint density at radius 1 is 0.842 bits per heavy atom. The average molecular weight is 527 g/mol. The van der Waals surface area contributed by atoms with Crippen molar-refractivity contribution in [3.63, 3.8) is 0 Å². The summed E-state index contributed by atoms with van der Waals surface area (Å²) in [5.41, 5.74) is 5.85. The number of pyridine rings is 1. The molecule has 2 N–H and O–H groups in total. The number of rotatable bonds is 6. The normalized spacial score (nSPS) is 13.2. The smallest absolute Gasteiger partial charge is 0.257 e. The van der Waals surface area contributed by atoms with E-state index in [0.717, 1.165) is 48.8 Å². The SMILES string of the molecule is Cc1ccc(C(=O)Nc2ccc(N3CCOCC3)cc2)cc1-c1ccc(C(=O)Nc2cccc(Cl)c2)cn1. The van der Waals surface area contributed by atoms with Gasteiger partial charge in [-0.2, -0.15) is 0 Å². The molecule has 0 radical (unpaired) electrons. The van der Waals surface area contributed by atoms with Crippen LogP contribution in [0.15, 0.2) is 85.1 Å².